The van der Waals surface area contributed by atoms with E-state index in [-0.39, 0.29) is 12.1 Å². The zero-order valence-corrected chi connectivity index (χ0v) is 18.5. The minimum absolute atomic E-state index is 0.0842. The van der Waals surface area contributed by atoms with Gasteiger partial charge < -0.3 is 14.8 Å². The molecule has 3 heterocycles. The lowest BCUT2D eigenvalue weighted by Gasteiger charge is -2.29. The summed E-state index contributed by atoms with van der Waals surface area (Å²) in [6.45, 7) is 2.11. The standard InChI is InChI=1S/C25H21ClN4S/c1-17-6-4-7-20(16-17)29-15-5-9-22(29)24-23(21-8-2-3-14-27-21)28-25(31)30(24)19-12-10-18(26)11-13-19/h2-16,23-24H,1H3,(H,28,31). The van der Waals surface area contributed by atoms with E-state index >= 15 is 0 Å². The van der Waals surface area contributed by atoms with Gasteiger partial charge in [-0.15, -0.1) is 0 Å². The third-order valence-electron chi connectivity index (χ3n) is 5.57. The van der Waals surface area contributed by atoms with Crippen LogP contribution in [0.25, 0.3) is 5.69 Å². The van der Waals surface area contributed by atoms with E-state index in [1.807, 2.05) is 48.7 Å². The summed E-state index contributed by atoms with van der Waals surface area (Å²) in [4.78, 5) is 6.79. The van der Waals surface area contributed by atoms with Gasteiger partial charge in [0.1, 0.15) is 6.04 Å². The number of hydrogen-bond acceptors (Lipinski definition) is 2. The Hall–Kier alpha value is -3.15. The van der Waals surface area contributed by atoms with Gasteiger partial charge in [-0.3, -0.25) is 4.98 Å². The molecule has 4 aromatic rings. The van der Waals surface area contributed by atoms with Gasteiger partial charge in [0.25, 0.3) is 0 Å². The number of benzene rings is 2. The van der Waals surface area contributed by atoms with E-state index in [1.54, 1.807) is 0 Å². The molecule has 1 fully saturated rings. The van der Waals surface area contributed by atoms with Gasteiger partial charge in [-0.1, -0.05) is 29.8 Å². The maximum Gasteiger partial charge on any atom is 0.174 e. The monoisotopic (exact) mass is 444 g/mol. The Bertz CT molecular complexity index is 1220. The second kappa shape index (κ2) is 8.17. The third kappa shape index (κ3) is 3.71. The first-order valence-electron chi connectivity index (χ1n) is 10.1. The quantitative estimate of drug-likeness (QED) is 0.391. The van der Waals surface area contributed by atoms with E-state index in [0.29, 0.717) is 10.1 Å². The summed E-state index contributed by atoms with van der Waals surface area (Å²) < 4.78 is 2.23. The lowest BCUT2D eigenvalue weighted by molar-refractivity contribution is 0.549. The van der Waals surface area contributed by atoms with Crippen molar-refractivity contribution in [2.75, 3.05) is 4.90 Å². The van der Waals surface area contributed by atoms with E-state index in [1.165, 1.54) is 5.56 Å². The molecule has 0 radical (unpaired) electrons. The van der Waals surface area contributed by atoms with Crippen molar-refractivity contribution in [3.63, 3.8) is 0 Å². The molecule has 5 rings (SSSR count). The highest BCUT2D eigenvalue weighted by Gasteiger charge is 2.42. The van der Waals surface area contributed by atoms with Crippen LogP contribution in [0.3, 0.4) is 0 Å². The lowest BCUT2D eigenvalue weighted by atomic mass is 10.0. The van der Waals surface area contributed by atoms with Crippen LogP contribution in [-0.4, -0.2) is 14.7 Å². The maximum absolute atomic E-state index is 6.15. The number of pyridine rings is 1. The fraction of sp³-hybridized carbons (Fsp3) is 0.120. The molecule has 31 heavy (non-hydrogen) atoms. The van der Waals surface area contributed by atoms with E-state index in [4.69, 9.17) is 23.8 Å². The van der Waals surface area contributed by atoms with E-state index < -0.39 is 0 Å². The molecule has 1 aliphatic heterocycles. The van der Waals surface area contributed by atoms with Crippen molar-refractivity contribution < 1.29 is 0 Å². The highest BCUT2D eigenvalue weighted by molar-refractivity contribution is 7.80. The number of rotatable bonds is 4. The Morgan fingerprint density at radius 2 is 1.77 bits per heavy atom. The molecule has 154 valence electrons. The number of hydrogen-bond donors (Lipinski definition) is 1. The van der Waals surface area contributed by atoms with Crippen LogP contribution < -0.4 is 10.2 Å². The molecule has 2 atom stereocenters. The fourth-order valence-corrected chi connectivity index (χ4v) is 4.66. The second-order valence-corrected chi connectivity index (χ2v) is 8.44. The van der Waals surface area contributed by atoms with Gasteiger partial charge in [-0.05, 0) is 85.4 Å². The third-order valence-corrected chi connectivity index (χ3v) is 6.13. The Kier molecular flexibility index (Phi) is 5.22. The van der Waals surface area contributed by atoms with Gasteiger partial charge in [0.05, 0.1) is 11.7 Å². The van der Waals surface area contributed by atoms with Crippen LogP contribution in [0.1, 0.15) is 29.0 Å². The highest BCUT2D eigenvalue weighted by atomic mass is 35.5. The van der Waals surface area contributed by atoms with Crippen LogP contribution in [0.2, 0.25) is 5.02 Å². The molecule has 1 saturated heterocycles. The first-order chi connectivity index (χ1) is 15.1. The van der Waals surface area contributed by atoms with Gasteiger partial charge in [-0.25, -0.2) is 0 Å². The summed E-state index contributed by atoms with van der Waals surface area (Å²) in [6.07, 6.45) is 3.92. The second-order valence-electron chi connectivity index (χ2n) is 7.62. The number of nitrogens with zero attached hydrogens (tertiary/aromatic N) is 3. The molecule has 2 unspecified atom stereocenters. The van der Waals surface area contributed by atoms with Crippen LogP contribution >= 0.6 is 23.8 Å². The van der Waals surface area contributed by atoms with Crippen LogP contribution in [0.4, 0.5) is 5.69 Å². The SMILES string of the molecule is Cc1cccc(-n2cccc2C2C(c3ccccn3)NC(=S)N2c2ccc(Cl)cc2)c1. The topological polar surface area (TPSA) is 33.1 Å². The van der Waals surface area contributed by atoms with Crippen molar-refractivity contribution in [1.82, 2.24) is 14.9 Å². The van der Waals surface area contributed by atoms with Gasteiger partial charge in [-0.2, -0.15) is 0 Å². The average molecular weight is 445 g/mol. The van der Waals surface area contributed by atoms with Gasteiger partial charge in [0.15, 0.2) is 5.11 Å². The summed E-state index contributed by atoms with van der Waals surface area (Å²) in [6, 6.07) is 26.3. The normalized spacial score (nSPS) is 18.3. The van der Waals surface area contributed by atoms with Crippen molar-refractivity contribution in [2.45, 2.75) is 19.0 Å². The molecule has 6 heteroatoms. The molecular formula is C25H21ClN4S. The van der Waals surface area contributed by atoms with Crippen LogP contribution in [-0.2, 0) is 0 Å². The number of aromatic nitrogens is 2. The van der Waals surface area contributed by atoms with Crippen molar-refractivity contribution >= 4 is 34.6 Å². The van der Waals surface area contributed by atoms with Crippen molar-refractivity contribution in [1.29, 1.82) is 0 Å². The number of anilines is 1. The Morgan fingerprint density at radius 3 is 2.52 bits per heavy atom. The Balaban J connectivity index is 1.67. The molecule has 0 amide bonds. The number of thiocarbonyl (C=S) groups is 1. The molecule has 4 nitrogen and oxygen atoms in total. The predicted octanol–water partition coefficient (Wildman–Crippen LogP) is 6.01. The summed E-state index contributed by atoms with van der Waals surface area (Å²) in [5, 5.41) is 4.87. The van der Waals surface area contributed by atoms with Crippen LogP contribution in [0.5, 0.6) is 0 Å². The summed E-state index contributed by atoms with van der Waals surface area (Å²) in [5.41, 5.74) is 5.40. The number of halogens is 1. The van der Waals surface area contributed by atoms with Gasteiger partial charge >= 0.3 is 0 Å². The average Bonchev–Trinajstić information content (AvgIpc) is 3.39. The van der Waals surface area contributed by atoms with Crippen LogP contribution in [0.15, 0.2) is 91.3 Å². The summed E-state index contributed by atoms with van der Waals surface area (Å²) >= 11 is 12.0. The minimum Gasteiger partial charge on any atom is -0.351 e. The zero-order chi connectivity index (χ0) is 21.4. The van der Waals surface area contributed by atoms with Gasteiger partial charge in [0, 0.05) is 34.5 Å². The van der Waals surface area contributed by atoms with E-state index in [0.717, 1.165) is 22.8 Å². The molecule has 0 saturated carbocycles. The van der Waals surface area contributed by atoms with Crippen LogP contribution in [0, 0.1) is 6.92 Å². The summed E-state index contributed by atoms with van der Waals surface area (Å²) in [5.74, 6) is 0. The smallest absolute Gasteiger partial charge is 0.174 e. The Morgan fingerprint density at radius 1 is 0.935 bits per heavy atom. The maximum atomic E-state index is 6.15. The Labute approximate surface area is 192 Å². The zero-order valence-electron chi connectivity index (χ0n) is 16.9. The number of nitrogens with one attached hydrogen (secondary N) is 1. The molecular weight excluding hydrogens is 424 g/mol. The molecule has 0 aliphatic carbocycles. The van der Waals surface area contributed by atoms with E-state index in [2.05, 4.69) is 69.3 Å². The van der Waals surface area contributed by atoms with Crippen molar-refractivity contribution in [3.05, 3.63) is 113 Å². The molecule has 1 aliphatic rings. The molecule has 0 bridgehead atoms. The molecule has 2 aromatic carbocycles. The fourth-order valence-electron chi connectivity index (χ4n) is 4.18. The molecule has 0 spiro atoms. The largest absolute Gasteiger partial charge is 0.351 e. The van der Waals surface area contributed by atoms with Gasteiger partial charge in [0.2, 0.25) is 0 Å². The number of aryl methyl sites for hydroxylation is 1. The predicted molar refractivity (Wildman–Crippen MR) is 130 cm³/mol. The van der Waals surface area contributed by atoms with E-state index in [9.17, 15) is 0 Å². The minimum atomic E-state index is -0.0946. The lowest BCUT2D eigenvalue weighted by Crippen LogP contribution is -2.30. The first kappa shape index (κ1) is 19.8. The molecule has 1 N–H and O–H groups in total. The molecule has 2 aromatic heterocycles. The van der Waals surface area contributed by atoms with Crippen molar-refractivity contribution in [3.8, 4) is 5.69 Å². The highest BCUT2D eigenvalue weighted by Crippen LogP contribution is 2.42. The van der Waals surface area contributed by atoms with Crippen molar-refractivity contribution in [2.24, 2.45) is 0 Å². The first-order valence-corrected chi connectivity index (χ1v) is 10.9. The summed E-state index contributed by atoms with van der Waals surface area (Å²) in [7, 11) is 0.